The molecule has 0 aromatic rings. The third-order valence-corrected chi connectivity index (χ3v) is 11.8. The van der Waals surface area contributed by atoms with Crippen molar-refractivity contribution in [2.24, 2.45) is 0 Å². The van der Waals surface area contributed by atoms with E-state index in [9.17, 15) is 0 Å². The first-order chi connectivity index (χ1) is 3.00. The fraction of sp³-hybridized carbons (Fsp3) is 1.00. The normalized spacial score (nSPS) is 24.0. The van der Waals surface area contributed by atoms with Crippen molar-refractivity contribution in [1.29, 1.82) is 0 Å². The highest BCUT2D eigenvalue weighted by Crippen LogP contribution is 1.85. The summed E-state index contributed by atoms with van der Waals surface area (Å²) in [7, 11) is 5.40. The quantitative estimate of drug-likeness (QED) is 0.394. The summed E-state index contributed by atoms with van der Waals surface area (Å²) in [6.07, 6.45) is 0. The van der Waals surface area contributed by atoms with Gasteiger partial charge in [-0.05, 0) is 0 Å². The standard InChI is InChI=1S/C2H4Si4/c1-3-5-2-6-4-1/h1-2H2. The second kappa shape index (κ2) is 2.95. The summed E-state index contributed by atoms with van der Waals surface area (Å²) in [6, 6.07) is 0. The van der Waals surface area contributed by atoms with E-state index >= 15 is 0 Å². The molecule has 0 saturated carbocycles. The summed E-state index contributed by atoms with van der Waals surface area (Å²) in [4.78, 5) is 0. The van der Waals surface area contributed by atoms with Crippen LogP contribution in [-0.4, -0.2) is 36.1 Å². The SMILES string of the molecule is C1[Si][Si]C[Si][Si]1. The fourth-order valence-corrected chi connectivity index (χ4v) is 13.9. The molecule has 0 nitrogen and oxygen atoms in total. The van der Waals surface area contributed by atoms with Gasteiger partial charge in [-0.3, -0.25) is 0 Å². The lowest BCUT2D eigenvalue weighted by molar-refractivity contribution is 1.97. The lowest BCUT2D eigenvalue weighted by Crippen LogP contribution is -2.21. The molecule has 1 fully saturated rings. The van der Waals surface area contributed by atoms with E-state index in [0.29, 0.717) is 0 Å². The molecule has 0 aromatic carbocycles. The number of hydrogen-bond donors (Lipinski definition) is 0. The number of rotatable bonds is 0. The minimum Gasteiger partial charge on any atom is -0.0742 e. The Morgan fingerprint density at radius 1 is 0.667 bits per heavy atom. The third kappa shape index (κ3) is 1.54. The molecule has 1 aliphatic heterocycles. The zero-order valence-corrected chi connectivity index (χ0v) is 7.41. The topological polar surface area (TPSA) is 0 Å². The van der Waals surface area contributed by atoms with Gasteiger partial charge >= 0.3 is 0 Å². The zero-order valence-electron chi connectivity index (χ0n) is 3.41. The Labute approximate surface area is 48.0 Å². The maximum atomic E-state index is 1.58. The third-order valence-electron chi connectivity index (χ3n) is 0.604. The maximum Gasteiger partial charge on any atom is 0.0182 e. The van der Waals surface area contributed by atoms with Gasteiger partial charge in [0.1, 0.15) is 0 Å². The molecular formula is C2H4Si4. The Bertz CT molecular complexity index is 21.0. The predicted molar refractivity (Wildman–Crippen MR) is 32.6 cm³/mol. The van der Waals surface area contributed by atoms with Crippen LogP contribution in [0, 0.1) is 0 Å². The van der Waals surface area contributed by atoms with Crippen molar-refractivity contribution in [2.45, 2.75) is 11.3 Å². The molecule has 1 saturated heterocycles. The molecule has 28 valence electrons. The summed E-state index contributed by atoms with van der Waals surface area (Å²) in [5.41, 5.74) is 3.16. The average Bonchev–Trinajstić information content (AvgIpc) is 1.72. The fourth-order valence-electron chi connectivity index (χ4n) is 0.338. The molecule has 0 aromatic heterocycles. The van der Waals surface area contributed by atoms with E-state index in [1.165, 1.54) is 36.1 Å². The monoisotopic (exact) mass is 140 g/mol. The van der Waals surface area contributed by atoms with Gasteiger partial charge < -0.3 is 0 Å². The highest BCUT2D eigenvalue weighted by Gasteiger charge is 1.99. The lowest BCUT2D eigenvalue weighted by atomic mass is 11.9. The minimum atomic E-state index is 1.35. The Hall–Kier alpha value is 0.868. The van der Waals surface area contributed by atoms with Gasteiger partial charge in [0.15, 0.2) is 0 Å². The Balaban J connectivity index is 2.00. The van der Waals surface area contributed by atoms with Crippen molar-refractivity contribution in [3.05, 3.63) is 0 Å². The van der Waals surface area contributed by atoms with Crippen molar-refractivity contribution >= 4 is 36.1 Å². The van der Waals surface area contributed by atoms with E-state index in [1.54, 1.807) is 11.3 Å². The molecule has 6 heavy (non-hydrogen) atoms. The molecule has 0 spiro atoms. The molecular weight excluding hydrogens is 136 g/mol. The van der Waals surface area contributed by atoms with Crippen LogP contribution in [0.2, 0.25) is 11.3 Å². The Morgan fingerprint density at radius 2 is 1.00 bits per heavy atom. The first-order valence-corrected chi connectivity index (χ1v) is 8.74. The van der Waals surface area contributed by atoms with Gasteiger partial charge in [-0.15, -0.1) is 0 Å². The van der Waals surface area contributed by atoms with Gasteiger partial charge in [0, 0.05) is 36.1 Å². The van der Waals surface area contributed by atoms with Gasteiger partial charge in [-0.2, -0.15) is 0 Å². The summed E-state index contributed by atoms with van der Waals surface area (Å²) >= 11 is 0. The smallest absolute Gasteiger partial charge is 0.0182 e. The van der Waals surface area contributed by atoms with Gasteiger partial charge in [0.2, 0.25) is 0 Å². The molecule has 0 bridgehead atoms. The van der Waals surface area contributed by atoms with Crippen LogP contribution in [-0.2, 0) is 0 Å². The van der Waals surface area contributed by atoms with Crippen molar-refractivity contribution < 1.29 is 0 Å². The highest BCUT2D eigenvalue weighted by molar-refractivity contribution is 7.20. The van der Waals surface area contributed by atoms with Crippen molar-refractivity contribution in [1.82, 2.24) is 0 Å². The summed E-state index contributed by atoms with van der Waals surface area (Å²) < 4.78 is 0. The summed E-state index contributed by atoms with van der Waals surface area (Å²) in [5.74, 6) is 0. The van der Waals surface area contributed by atoms with Gasteiger partial charge in [-0.25, -0.2) is 0 Å². The molecule has 0 N–H and O–H groups in total. The number of hydrogen-bond acceptors (Lipinski definition) is 0. The lowest BCUT2D eigenvalue weighted by Gasteiger charge is -2.01. The predicted octanol–water partition coefficient (Wildman–Crippen LogP) is -0.602. The van der Waals surface area contributed by atoms with Crippen LogP contribution >= 0.6 is 0 Å². The van der Waals surface area contributed by atoms with Crippen LogP contribution in [0.5, 0.6) is 0 Å². The Morgan fingerprint density at radius 3 is 1.17 bits per heavy atom. The van der Waals surface area contributed by atoms with E-state index in [0.717, 1.165) is 0 Å². The second-order valence-electron chi connectivity index (χ2n) is 1.06. The maximum absolute atomic E-state index is 1.58. The van der Waals surface area contributed by atoms with Gasteiger partial charge in [0.05, 0.1) is 0 Å². The average molecular weight is 140 g/mol. The minimum absolute atomic E-state index is 1.35. The molecule has 0 unspecified atom stereocenters. The molecule has 0 aliphatic carbocycles. The molecule has 0 amide bonds. The molecule has 1 aliphatic rings. The van der Waals surface area contributed by atoms with Crippen LogP contribution < -0.4 is 0 Å². The largest absolute Gasteiger partial charge is 0.0742 e. The first kappa shape index (κ1) is 5.01. The Kier molecular flexibility index (Phi) is 2.46. The molecule has 0 atom stereocenters. The van der Waals surface area contributed by atoms with E-state index in [1.807, 2.05) is 0 Å². The van der Waals surface area contributed by atoms with E-state index in [2.05, 4.69) is 0 Å². The van der Waals surface area contributed by atoms with Gasteiger partial charge in [0.25, 0.3) is 0 Å². The molecule has 1 heterocycles. The summed E-state index contributed by atoms with van der Waals surface area (Å²) in [6.45, 7) is 0. The molecule has 1 rings (SSSR count). The van der Waals surface area contributed by atoms with E-state index < -0.39 is 0 Å². The molecule has 8 radical (unpaired) electrons. The van der Waals surface area contributed by atoms with Crippen LogP contribution in [0.15, 0.2) is 0 Å². The van der Waals surface area contributed by atoms with Gasteiger partial charge in [-0.1, -0.05) is 11.3 Å². The van der Waals surface area contributed by atoms with E-state index in [4.69, 9.17) is 0 Å². The summed E-state index contributed by atoms with van der Waals surface area (Å²) in [5, 5.41) is 0. The van der Waals surface area contributed by atoms with Crippen molar-refractivity contribution in [2.75, 3.05) is 0 Å². The van der Waals surface area contributed by atoms with E-state index in [-0.39, 0.29) is 0 Å². The van der Waals surface area contributed by atoms with Crippen LogP contribution in [0.4, 0.5) is 0 Å². The first-order valence-electron chi connectivity index (χ1n) is 1.91. The van der Waals surface area contributed by atoms with Crippen LogP contribution in [0.1, 0.15) is 0 Å². The van der Waals surface area contributed by atoms with Crippen molar-refractivity contribution in [3.8, 4) is 0 Å². The molecule has 4 heteroatoms. The van der Waals surface area contributed by atoms with Crippen molar-refractivity contribution in [3.63, 3.8) is 0 Å². The van der Waals surface area contributed by atoms with Crippen LogP contribution in [0.3, 0.4) is 0 Å². The van der Waals surface area contributed by atoms with Crippen LogP contribution in [0.25, 0.3) is 0 Å². The zero-order chi connectivity index (χ0) is 4.24. The second-order valence-corrected chi connectivity index (χ2v) is 9.55. The highest BCUT2D eigenvalue weighted by atomic mass is 29.2.